The first kappa shape index (κ1) is 18.7. The zero-order valence-electron chi connectivity index (χ0n) is 16.7. The molecule has 0 atom stereocenters. The first-order valence-electron chi connectivity index (χ1n) is 9.93. The van der Waals surface area contributed by atoms with Crippen LogP contribution in [0.5, 0.6) is 0 Å². The first-order valence-corrected chi connectivity index (χ1v) is 9.93. The molecule has 1 saturated heterocycles. The summed E-state index contributed by atoms with van der Waals surface area (Å²) in [6, 6.07) is 16.6. The summed E-state index contributed by atoms with van der Waals surface area (Å²) in [4.78, 5) is 20.6. The van der Waals surface area contributed by atoms with E-state index in [2.05, 4.69) is 70.5 Å². The quantitative estimate of drug-likeness (QED) is 0.719. The molecule has 4 rings (SSSR count). The molecule has 28 heavy (non-hydrogen) atoms. The molecule has 1 aliphatic rings. The van der Waals surface area contributed by atoms with Crippen LogP contribution in [0.1, 0.15) is 27.2 Å². The minimum atomic E-state index is -0.0710. The third-order valence-electron chi connectivity index (χ3n) is 5.47. The van der Waals surface area contributed by atoms with Crippen LogP contribution in [-0.4, -0.2) is 53.9 Å². The van der Waals surface area contributed by atoms with Crippen molar-refractivity contribution in [2.24, 2.45) is 0 Å². The normalized spacial score (nSPS) is 15.8. The summed E-state index contributed by atoms with van der Waals surface area (Å²) in [5.41, 5.74) is 5.22. The first-order chi connectivity index (χ1) is 13.6. The summed E-state index contributed by atoms with van der Waals surface area (Å²) in [6.07, 6.45) is 0. The molecule has 2 heterocycles. The summed E-state index contributed by atoms with van der Waals surface area (Å²) in [5.74, 6) is -0.0710. The van der Waals surface area contributed by atoms with Gasteiger partial charge >= 0.3 is 0 Å². The maximum Gasteiger partial charge on any atom is 0.267 e. The Morgan fingerprint density at radius 3 is 2.64 bits per heavy atom. The number of aromatic nitrogens is 1. The monoisotopic (exact) mass is 376 g/mol. The van der Waals surface area contributed by atoms with Gasteiger partial charge in [-0.15, -0.1) is 0 Å². The smallest absolute Gasteiger partial charge is 0.267 e. The number of rotatable bonds is 5. The summed E-state index contributed by atoms with van der Waals surface area (Å²) >= 11 is 0. The van der Waals surface area contributed by atoms with Gasteiger partial charge in [0.25, 0.3) is 5.91 Å². The minimum absolute atomic E-state index is 0.0710. The van der Waals surface area contributed by atoms with Gasteiger partial charge in [0.15, 0.2) is 0 Å². The predicted octanol–water partition coefficient (Wildman–Crippen LogP) is 3.15. The average molecular weight is 377 g/mol. The van der Waals surface area contributed by atoms with Gasteiger partial charge in [0.05, 0.1) is 0 Å². The lowest BCUT2D eigenvalue weighted by molar-refractivity contribution is 0.0946. The second-order valence-corrected chi connectivity index (χ2v) is 7.86. The van der Waals surface area contributed by atoms with Crippen molar-refractivity contribution in [1.29, 1.82) is 0 Å². The molecular weight excluding hydrogens is 348 g/mol. The predicted molar refractivity (Wildman–Crippen MR) is 113 cm³/mol. The van der Waals surface area contributed by atoms with E-state index >= 15 is 0 Å². The van der Waals surface area contributed by atoms with Crippen LogP contribution in [0.4, 0.5) is 0 Å². The van der Waals surface area contributed by atoms with Crippen LogP contribution in [0.15, 0.2) is 48.5 Å². The van der Waals surface area contributed by atoms with E-state index in [0.717, 1.165) is 49.2 Å². The fraction of sp³-hybridized carbons (Fsp3) is 0.348. The molecule has 0 spiro atoms. The molecule has 0 aliphatic carbocycles. The largest absolute Gasteiger partial charge is 0.351 e. The van der Waals surface area contributed by atoms with E-state index in [9.17, 15) is 4.79 Å². The van der Waals surface area contributed by atoms with E-state index in [4.69, 9.17) is 0 Å². The van der Waals surface area contributed by atoms with E-state index in [-0.39, 0.29) is 5.91 Å². The average Bonchev–Trinajstić information content (AvgIpc) is 3.11. The number of nitrogens with one attached hydrogen (secondary N) is 2. The second kappa shape index (κ2) is 8.17. The molecule has 1 aromatic heterocycles. The van der Waals surface area contributed by atoms with Gasteiger partial charge in [0.1, 0.15) is 5.69 Å². The van der Waals surface area contributed by atoms with E-state index < -0.39 is 0 Å². The number of fused-ring (bicyclic) bond motifs is 1. The van der Waals surface area contributed by atoms with Crippen LogP contribution in [0.3, 0.4) is 0 Å². The number of aryl methyl sites for hydroxylation is 1. The van der Waals surface area contributed by atoms with Crippen LogP contribution in [-0.2, 0) is 13.1 Å². The number of benzene rings is 2. The van der Waals surface area contributed by atoms with Gasteiger partial charge in [-0.1, -0.05) is 36.4 Å². The molecule has 1 fully saturated rings. The number of hydrogen-bond donors (Lipinski definition) is 2. The Labute approximate surface area is 166 Å². The number of carbonyl (C=O) groups excluding carboxylic acids is 1. The van der Waals surface area contributed by atoms with Gasteiger partial charge < -0.3 is 15.2 Å². The second-order valence-electron chi connectivity index (χ2n) is 7.86. The lowest BCUT2D eigenvalue weighted by atomic mass is 10.1. The van der Waals surface area contributed by atoms with Crippen molar-refractivity contribution in [3.8, 4) is 0 Å². The molecule has 5 nitrogen and oxygen atoms in total. The highest BCUT2D eigenvalue weighted by Crippen LogP contribution is 2.17. The summed E-state index contributed by atoms with van der Waals surface area (Å²) < 4.78 is 0. The SMILES string of the molecule is Cc1ccc2cc(C(=O)NCc3cccc(CN4CCN(C)CC4)c3)[nH]c2c1. The van der Waals surface area contributed by atoms with Gasteiger partial charge in [-0.3, -0.25) is 9.69 Å². The molecule has 0 unspecified atom stereocenters. The highest BCUT2D eigenvalue weighted by molar-refractivity contribution is 5.98. The van der Waals surface area contributed by atoms with Gasteiger partial charge in [-0.05, 0) is 42.8 Å². The van der Waals surface area contributed by atoms with Crippen molar-refractivity contribution in [1.82, 2.24) is 20.1 Å². The van der Waals surface area contributed by atoms with Crippen molar-refractivity contribution >= 4 is 16.8 Å². The van der Waals surface area contributed by atoms with E-state index in [0.29, 0.717) is 12.2 Å². The zero-order chi connectivity index (χ0) is 19.5. The number of aromatic amines is 1. The van der Waals surface area contributed by atoms with Gasteiger partial charge in [0.2, 0.25) is 0 Å². The van der Waals surface area contributed by atoms with Crippen LogP contribution in [0, 0.1) is 6.92 Å². The van der Waals surface area contributed by atoms with Crippen LogP contribution < -0.4 is 5.32 Å². The lowest BCUT2D eigenvalue weighted by Crippen LogP contribution is -2.43. The number of carbonyl (C=O) groups is 1. The fourth-order valence-corrected chi connectivity index (χ4v) is 3.74. The molecular formula is C23H28N4O. The number of hydrogen-bond acceptors (Lipinski definition) is 3. The Hall–Kier alpha value is -2.63. The number of likely N-dealkylation sites (N-methyl/N-ethyl adjacent to an activating group) is 1. The Kier molecular flexibility index (Phi) is 5.46. The Bertz CT molecular complexity index is 970. The zero-order valence-corrected chi connectivity index (χ0v) is 16.7. The number of piperazine rings is 1. The third-order valence-corrected chi connectivity index (χ3v) is 5.47. The van der Waals surface area contributed by atoms with Gasteiger partial charge in [-0.25, -0.2) is 0 Å². The van der Waals surface area contributed by atoms with E-state index in [1.54, 1.807) is 0 Å². The topological polar surface area (TPSA) is 51.4 Å². The van der Waals surface area contributed by atoms with Crippen molar-refractivity contribution in [3.63, 3.8) is 0 Å². The summed E-state index contributed by atoms with van der Waals surface area (Å²) in [7, 11) is 2.18. The lowest BCUT2D eigenvalue weighted by Gasteiger charge is -2.32. The maximum absolute atomic E-state index is 12.5. The minimum Gasteiger partial charge on any atom is -0.351 e. The maximum atomic E-state index is 12.5. The summed E-state index contributed by atoms with van der Waals surface area (Å²) in [5, 5.41) is 4.10. The number of H-pyrrole nitrogens is 1. The van der Waals surface area contributed by atoms with Crippen molar-refractivity contribution < 1.29 is 4.79 Å². The molecule has 5 heteroatoms. The molecule has 146 valence electrons. The molecule has 2 N–H and O–H groups in total. The molecule has 2 aromatic carbocycles. The van der Waals surface area contributed by atoms with Crippen molar-refractivity contribution in [2.45, 2.75) is 20.0 Å². The van der Waals surface area contributed by atoms with Crippen LogP contribution >= 0.6 is 0 Å². The van der Waals surface area contributed by atoms with Crippen molar-refractivity contribution in [3.05, 3.63) is 70.9 Å². The standard InChI is InChI=1S/C23H28N4O/c1-17-6-7-20-14-22(25-21(20)12-17)23(28)24-15-18-4-3-5-19(13-18)16-27-10-8-26(2)9-11-27/h3-7,12-14,25H,8-11,15-16H2,1-2H3,(H,24,28). The van der Waals surface area contributed by atoms with Gasteiger partial charge in [0, 0.05) is 50.2 Å². The van der Waals surface area contributed by atoms with E-state index in [1.807, 2.05) is 12.1 Å². The van der Waals surface area contributed by atoms with Crippen LogP contribution in [0.25, 0.3) is 10.9 Å². The number of amides is 1. The van der Waals surface area contributed by atoms with Crippen LogP contribution in [0.2, 0.25) is 0 Å². The molecule has 0 saturated carbocycles. The number of nitrogens with zero attached hydrogens (tertiary/aromatic N) is 2. The van der Waals surface area contributed by atoms with Gasteiger partial charge in [-0.2, -0.15) is 0 Å². The highest BCUT2D eigenvalue weighted by atomic mass is 16.1. The molecule has 0 bridgehead atoms. The Morgan fingerprint density at radius 2 is 1.82 bits per heavy atom. The fourth-order valence-electron chi connectivity index (χ4n) is 3.74. The third kappa shape index (κ3) is 4.43. The Morgan fingerprint density at radius 1 is 1.04 bits per heavy atom. The molecule has 1 aliphatic heterocycles. The van der Waals surface area contributed by atoms with E-state index in [1.165, 1.54) is 11.1 Å². The summed E-state index contributed by atoms with van der Waals surface area (Å²) in [6.45, 7) is 8.02. The molecule has 0 radical (unpaired) electrons. The Balaban J connectivity index is 1.36. The molecule has 3 aromatic rings. The van der Waals surface area contributed by atoms with Crippen molar-refractivity contribution in [2.75, 3.05) is 33.2 Å². The highest BCUT2D eigenvalue weighted by Gasteiger charge is 2.14. The molecule has 1 amide bonds.